The van der Waals surface area contributed by atoms with E-state index in [1.54, 1.807) is 49.0 Å². The van der Waals surface area contributed by atoms with Gasteiger partial charge >= 0.3 is 6.18 Å². The maximum absolute atomic E-state index is 12.8. The number of hydrogen-bond acceptors (Lipinski definition) is 4. The van der Waals surface area contributed by atoms with E-state index in [9.17, 15) is 22.8 Å². The van der Waals surface area contributed by atoms with E-state index in [0.29, 0.717) is 23.0 Å². The summed E-state index contributed by atoms with van der Waals surface area (Å²) in [5, 5.41) is 10.4. The predicted octanol–water partition coefficient (Wildman–Crippen LogP) is 2.43. The van der Waals surface area contributed by atoms with Gasteiger partial charge in [0.25, 0.3) is 5.91 Å². The van der Waals surface area contributed by atoms with Gasteiger partial charge in [-0.25, -0.2) is 0 Å². The number of nitrogens with two attached hydrogens (primary N) is 1. The molecule has 0 spiro atoms. The van der Waals surface area contributed by atoms with Crippen LogP contribution in [-0.4, -0.2) is 31.4 Å². The van der Waals surface area contributed by atoms with E-state index in [2.05, 4.69) is 15.5 Å². The lowest BCUT2D eigenvalue weighted by Crippen LogP contribution is -2.29. The number of aromatic nitrogens is 4. The van der Waals surface area contributed by atoms with E-state index in [4.69, 9.17) is 5.73 Å². The molecule has 3 rings (SSSR count). The third-order valence-corrected chi connectivity index (χ3v) is 4.58. The number of amides is 2. The second-order valence-corrected chi connectivity index (χ2v) is 6.75. The number of alkyl halides is 3. The van der Waals surface area contributed by atoms with Gasteiger partial charge in [-0.1, -0.05) is 12.1 Å². The number of nitrogens with zero attached hydrogens (tertiary/aromatic N) is 4. The van der Waals surface area contributed by atoms with Gasteiger partial charge in [-0.3, -0.25) is 19.0 Å². The lowest BCUT2D eigenvalue weighted by molar-refractivity contribution is -0.141. The monoisotopic (exact) mass is 420 g/mol. The molecule has 8 nitrogen and oxygen atoms in total. The Bertz CT molecular complexity index is 1100. The van der Waals surface area contributed by atoms with E-state index >= 15 is 0 Å². The summed E-state index contributed by atoms with van der Waals surface area (Å²) in [6.45, 7) is 1.69. The van der Waals surface area contributed by atoms with Crippen LogP contribution < -0.4 is 11.1 Å². The Kier molecular flexibility index (Phi) is 5.38. The summed E-state index contributed by atoms with van der Waals surface area (Å²) in [6, 6.07) is 8.47. The van der Waals surface area contributed by atoms with Gasteiger partial charge in [0.15, 0.2) is 5.69 Å². The summed E-state index contributed by atoms with van der Waals surface area (Å²) in [6.07, 6.45) is -4.64. The van der Waals surface area contributed by atoms with Crippen LogP contribution in [0.15, 0.2) is 36.4 Å². The molecule has 0 fully saturated rings. The molecule has 0 aliphatic heterocycles. The maximum Gasteiger partial charge on any atom is 0.435 e. The highest BCUT2D eigenvalue weighted by atomic mass is 19.4. The minimum Gasteiger partial charge on any atom is -0.366 e. The van der Waals surface area contributed by atoms with Gasteiger partial charge in [-0.05, 0) is 25.1 Å². The Morgan fingerprint density at radius 1 is 1.07 bits per heavy atom. The first kappa shape index (κ1) is 21.1. The molecular weight excluding hydrogens is 401 g/mol. The molecule has 11 heteroatoms. The predicted molar refractivity (Wildman–Crippen MR) is 101 cm³/mol. The second kappa shape index (κ2) is 7.65. The fourth-order valence-corrected chi connectivity index (χ4v) is 3.00. The third kappa shape index (κ3) is 4.19. The molecule has 1 aromatic carbocycles. The van der Waals surface area contributed by atoms with Crippen molar-refractivity contribution in [3.8, 4) is 11.3 Å². The van der Waals surface area contributed by atoms with Crippen LogP contribution in [0, 0.1) is 0 Å². The Morgan fingerprint density at radius 2 is 1.70 bits per heavy atom. The number of primary amides is 1. The summed E-state index contributed by atoms with van der Waals surface area (Å²) in [7, 11) is 2.96. The van der Waals surface area contributed by atoms with Gasteiger partial charge in [0.2, 0.25) is 5.91 Å². The van der Waals surface area contributed by atoms with E-state index in [0.717, 1.165) is 10.2 Å². The van der Waals surface area contributed by atoms with Crippen LogP contribution in [0.4, 0.5) is 13.2 Å². The Hall–Kier alpha value is -3.63. The lowest BCUT2D eigenvalue weighted by atomic mass is 10.1. The number of hydrogen-bond donors (Lipinski definition) is 2. The van der Waals surface area contributed by atoms with Gasteiger partial charge in [-0.15, -0.1) is 0 Å². The van der Waals surface area contributed by atoms with Gasteiger partial charge in [0.1, 0.15) is 5.69 Å². The molecule has 1 unspecified atom stereocenters. The zero-order valence-corrected chi connectivity index (χ0v) is 16.4. The summed E-state index contributed by atoms with van der Waals surface area (Å²) >= 11 is 0. The number of carbonyl (C=O) groups excluding carboxylic acids is 2. The average Bonchev–Trinajstić information content (AvgIpc) is 3.24. The van der Waals surface area contributed by atoms with Crippen molar-refractivity contribution < 1.29 is 22.8 Å². The second-order valence-electron chi connectivity index (χ2n) is 6.75. The van der Waals surface area contributed by atoms with E-state index in [1.807, 2.05) is 0 Å². The van der Waals surface area contributed by atoms with Crippen LogP contribution in [0.2, 0.25) is 0 Å². The van der Waals surface area contributed by atoms with Crippen LogP contribution >= 0.6 is 0 Å². The SMILES string of the molecule is CC(NC(=O)c1cc(C(F)(F)F)nn1C)c1cc(-c2ccc(C(N)=O)cc2)nn1C. The van der Waals surface area contributed by atoms with Crippen LogP contribution in [0.3, 0.4) is 0 Å². The van der Waals surface area contributed by atoms with Crippen molar-refractivity contribution in [2.75, 3.05) is 0 Å². The Labute approximate surface area is 169 Å². The molecule has 0 bridgehead atoms. The molecule has 0 saturated carbocycles. The highest BCUT2D eigenvalue weighted by Gasteiger charge is 2.35. The van der Waals surface area contributed by atoms with Crippen molar-refractivity contribution in [1.29, 1.82) is 0 Å². The lowest BCUT2D eigenvalue weighted by Gasteiger charge is -2.14. The summed E-state index contributed by atoms with van der Waals surface area (Å²) in [4.78, 5) is 23.7. The molecule has 30 heavy (non-hydrogen) atoms. The first-order valence-electron chi connectivity index (χ1n) is 8.83. The van der Waals surface area contributed by atoms with Gasteiger partial charge in [-0.2, -0.15) is 23.4 Å². The minimum atomic E-state index is -4.64. The van der Waals surface area contributed by atoms with Gasteiger partial charge in [0, 0.05) is 31.3 Å². The van der Waals surface area contributed by atoms with Crippen molar-refractivity contribution in [3.05, 3.63) is 59.0 Å². The molecule has 1 atom stereocenters. The Morgan fingerprint density at radius 3 is 2.23 bits per heavy atom. The largest absolute Gasteiger partial charge is 0.435 e. The summed E-state index contributed by atoms with van der Waals surface area (Å²) in [5.41, 5.74) is 6.23. The number of carbonyl (C=O) groups is 2. The van der Waals surface area contributed by atoms with Crippen LogP contribution in [0.1, 0.15) is 45.2 Å². The molecule has 3 aromatic rings. The molecule has 3 N–H and O–H groups in total. The summed E-state index contributed by atoms with van der Waals surface area (Å²) in [5.74, 6) is -1.23. The van der Waals surface area contributed by atoms with Crippen molar-refractivity contribution in [2.45, 2.75) is 19.1 Å². The van der Waals surface area contributed by atoms with Gasteiger partial charge in [0.05, 0.1) is 17.4 Å². The molecule has 158 valence electrons. The molecular formula is C19H19F3N6O2. The molecule has 2 aromatic heterocycles. The topological polar surface area (TPSA) is 108 Å². The number of rotatable bonds is 5. The normalized spacial score (nSPS) is 12.6. The fourth-order valence-electron chi connectivity index (χ4n) is 3.00. The van der Waals surface area contributed by atoms with Crippen molar-refractivity contribution >= 4 is 11.8 Å². The van der Waals surface area contributed by atoms with Crippen LogP contribution in [0.25, 0.3) is 11.3 Å². The Balaban J connectivity index is 1.79. The molecule has 0 aliphatic carbocycles. The fraction of sp³-hybridized carbons (Fsp3) is 0.263. The van der Waals surface area contributed by atoms with Crippen LogP contribution in [0.5, 0.6) is 0 Å². The molecule has 2 amide bonds. The van der Waals surface area contributed by atoms with Crippen LogP contribution in [-0.2, 0) is 20.3 Å². The molecule has 0 radical (unpaired) electrons. The molecule has 0 saturated heterocycles. The smallest absolute Gasteiger partial charge is 0.366 e. The highest BCUT2D eigenvalue weighted by Crippen LogP contribution is 2.28. The summed E-state index contributed by atoms with van der Waals surface area (Å²) < 4.78 is 40.9. The average molecular weight is 420 g/mol. The van der Waals surface area contributed by atoms with Crippen molar-refractivity contribution in [1.82, 2.24) is 24.9 Å². The zero-order chi connectivity index (χ0) is 22.2. The molecule has 0 aliphatic rings. The first-order chi connectivity index (χ1) is 14.0. The van der Waals surface area contributed by atoms with E-state index < -0.39 is 29.7 Å². The number of benzene rings is 1. The standard InChI is InChI=1S/C19H19F3N6O2/c1-10(24-18(30)15-9-16(19(20,21)22)26-28(15)3)14-8-13(25-27(14)2)11-4-6-12(7-5-11)17(23)29/h4-10H,1-3H3,(H2,23,29)(H,24,30). The highest BCUT2D eigenvalue weighted by molar-refractivity contribution is 5.93. The molecule has 2 heterocycles. The third-order valence-electron chi connectivity index (χ3n) is 4.58. The quantitative estimate of drug-likeness (QED) is 0.661. The van der Waals surface area contributed by atoms with E-state index in [-0.39, 0.29) is 5.69 Å². The minimum absolute atomic E-state index is 0.210. The van der Waals surface area contributed by atoms with E-state index in [1.165, 1.54) is 7.05 Å². The number of nitrogens with one attached hydrogen (secondary N) is 1. The first-order valence-corrected chi connectivity index (χ1v) is 8.83. The van der Waals surface area contributed by atoms with Crippen molar-refractivity contribution in [2.24, 2.45) is 19.8 Å². The maximum atomic E-state index is 12.8. The zero-order valence-electron chi connectivity index (χ0n) is 16.4. The van der Waals surface area contributed by atoms with Gasteiger partial charge < -0.3 is 11.1 Å². The number of halogens is 3. The number of aryl methyl sites for hydroxylation is 2. The van der Waals surface area contributed by atoms with Crippen molar-refractivity contribution in [3.63, 3.8) is 0 Å².